The van der Waals surface area contributed by atoms with Gasteiger partial charge in [0.15, 0.2) is 11.5 Å². The van der Waals surface area contributed by atoms with Crippen LogP contribution in [0.4, 0.5) is 0 Å². The van der Waals surface area contributed by atoms with Crippen LogP contribution >= 0.6 is 0 Å². The topological polar surface area (TPSA) is 84.9 Å². The van der Waals surface area contributed by atoms with Gasteiger partial charge in [0.05, 0.1) is 4.90 Å². The highest BCUT2D eigenvalue weighted by atomic mass is 32.2. The number of benzene rings is 1. The van der Waals surface area contributed by atoms with Crippen molar-refractivity contribution in [3.8, 4) is 11.5 Å². The van der Waals surface area contributed by atoms with E-state index in [-0.39, 0.29) is 24.1 Å². The summed E-state index contributed by atoms with van der Waals surface area (Å²) in [4.78, 5) is 12.0. The molecule has 8 heteroatoms. The van der Waals surface area contributed by atoms with Crippen molar-refractivity contribution in [2.24, 2.45) is 0 Å². The monoisotopic (exact) mass is 312 g/mol. The van der Waals surface area contributed by atoms with Crippen LogP contribution in [0, 0.1) is 0 Å². The Labute approximate surface area is 122 Å². The fourth-order valence-electron chi connectivity index (χ4n) is 2.47. The maximum absolute atomic E-state index is 12.8. The Hall–Kier alpha value is -1.80. The van der Waals surface area contributed by atoms with Crippen LogP contribution in [0.1, 0.15) is 13.8 Å². The van der Waals surface area contributed by atoms with Crippen molar-refractivity contribution < 1.29 is 22.7 Å². The molecule has 2 aliphatic heterocycles. The van der Waals surface area contributed by atoms with Gasteiger partial charge in [0.1, 0.15) is 5.54 Å². The summed E-state index contributed by atoms with van der Waals surface area (Å²) >= 11 is 0. The van der Waals surface area contributed by atoms with E-state index in [9.17, 15) is 13.2 Å². The van der Waals surface area contributed by atoms with Crippen LogP contribution in [0.5, 0.6) is 11.5 Å². The van der Waals surface area contributed by atoms with Gasteiger partial charge >= 0.3 is 0 Å². The zero-order chi connectivity index (χ0) is 15.3. The lowest BCUT2D eigenvalue weighted by atomic mass is 10.0. The highest BCUT2D eigenvalue weighted by molar-refractivity contribution is 7.89. The van der Waals surface area contributed by atoms with Gasteiger partial charge < -0.3 is 14.8 Å². The second-order valence-electron chi connectivity index (χ2n) is 5.41. The van der Waals surface area contributed by atoms with Gasteiger partial charge in [0.25, 0.3) is 0 Å². The largest absolute Gasteiger partial charge is 0.454 e. The predicted molar refractivity (Wildman–Crippen MR) is 73.5 cm³/mol. The highest BCUT2D eigenvalue weighted by Crippen LogP contribution is 2.36. The number of hydrogen-bond donors (Lipinski definition) is 1. The molecule has 0 spiro atoms. The number of carbonyl (C=O) groups excluding carboxylic acids is 1. The van der Waals surface area contributed by atoms with E-state index >= 15 is 0 Å². The molecular formula is C13H16N2O5S. The Morgan fingerprint density at radius 3 is 2.71 bits per heavy atom. The molecule has 1 N–H and O–H groups in total. The first-order valence-electron chi connectivity index (χ1n) is 6.54. The maximum Gasteiger partial charge on any atom is 0.244 e. The minimum Gasteiger partial charge on any atom is -0.454 e. The third-order valence-electron chi connectivity index (χ3n) is 3.71. The van der Waals surface area contributed by atoms with Gasteiger partial charge in [0.2, 0.25) is 22.7 Å². The molecule has 1 saturated heterocycles. The number of carbonyl (C=O) groups is 1. The van der Waals surface area contributed by atoms with E-state index in [2.05, 4.69) is 5.32 Å². The zero-order valence-electron chi connectivity index (χ0n) is 11.8. The van der Waals surface area contributed by atoms with Crippen molar-refractivity contribution in [1.29, 1.82) is 0 Å². The Morgan fingerprint density at radius 2 is 1.95 bits per heavy atom. The van der Waals surface area contributed by atoms with Gasteiger partial charge in [-0.15, -0.1) is 0 Å². The van der Waals surface area contributed by atoms with Crippen molar-refractivity contribution in [3.05, 3.63) is 18.2 Å². The number of hydrogen-bond acceptors (Lipinski definition) is 5. The van der Waals surface area contributed by atoms with Crippen LogP contribution in [0.15, 0.2) is 23.1 Å². The van der Waals surface area contributed by atoms with Crippen LogP contribution in [-0.2, 0) is 14.8 Å². The minimum atomic E-state index is -3.79. The number of amides is 1. The molecule has 21 heavy (non-hydrogen) atoms. The fraction of sp³-hybridized carbons (Fsp3) is 0.462. The molecule has 0 bridgehead atoms. The first-order valence-corrected chi connectivity index (χ1v) is 7.98. The lowest BCUT2D eigenvalue weighted by molar-refractivity contribution is -0.131. The maximum atomic E-state index is 12.8. The Kier molecular flexibility index (Phi) is 3.10. The molecule has 0 aliphatic carbocycles. The number of piperazine rings is 1. The number of sulfonamides is 1. The van der Waals surface area contributed by atoms with Crippen molar-refractivity contribution in [3.63, 3.8) is 0 Å². The van der Waals surface area contributed by atoms with E-state index in [1.807, 2.05) is 0 Å². The van der Waals surface area contributed by atoms with E-state index in [0.29, 0.717) is 18.0 Å². The van der Waals surface area contributed by atoms with Crippen LogP contribution in [0.2, 0.25) is 0 Å². The fourth-order valence-corrected chi connectivity index (χ4v) is 4.23. The van der Waals surface area contributed by atoms with Crippen LogP contribution < -0.4 is 14.8 Å². The van der Waals surface area contributed by atoms with Crippen LogP contribution in [0.25, 0.3) is 0 Å². The Morgan fingerprint density at radius 1 is 1.24 bits per heavy atom. The summed E-state index contributed by atoms with van der Waals surface area (Å²) in [5.74, 6) is 0.609. The second-order valence-corrected chi connectivity index (χ2v) is 7.27. The summed E-state index contributed by atoms with van der Waals surface area (Å²) in [5.41, 5.74) is -1.13. The van der Waals surface area contributed by atoms with Gasteiger partial charge in [-0.05, 0) is 26.0 Å². The van der Waals surface area contributed by atoms with Crippen molar-refractivity contribution in [2.75, 3.05) is 19.9 Å². The van der Waals surface area contributed by atoms with Crippen LogP contribution in [0.3, 0.4) is 0 Å². The summed E-state index contributed by atoms with van der Waals surface area (Å²) in [6, 6.07) is 4.46. The molecule has 1 amide bonds. The third kappa shape index (κ3) is 2.14. The average molecular weight is 312 g/mol. The molecule has 7 nitrogen and oxygen atoms in total. The molecular weight excluding hydrogens is 296 g/mol. The third-order valence-corrected chi connectivity index (χ3v) is 5.78. The standard InChI is InChI=1S/C13H16N2O5S/c1-13(2)12(16)14-5-6-15(13)21(17,18)9-3-4-10-11(7-9)20-8-19-10/h3-4,7H,5-6,8H2,1-2H3,(H,14,16). The molecule has 0 unspecified atom stereocenters. The molecule has 1 fully saturated rings. The van der Waals surface area contributed by atoms with Crippen molar-refractivity contribution >= 4 is 15.9 Å². The van der Waals surface area contributed by atoms with E-state index in [4.69, 9.17) is 9.47 Å². The summed E-state index contributed by atoms with van der Waals surface area (Å²) < 4.78 is 37.2. The molecule has 2 heterocycles. The molecule has 1 aromatic carbocycles. The SMILES string of the molecule is CC1(C)C(=O)NCCN1S(=O)(=O)c1ccc2c(c1)OCO2. The molecule has 2 aliphatic rings. The summed E-state index contributed by atoms with van der Waals surface area (Å²) in [6.07, 6.45) is 0. The van der Waals surface area contributed by atoms with Crippen molar-refractivity contribution in [1.82, 2.24) is 9.62 Å². The van der Waals surface area contributed by atoms with Gasteiger partial charge in [0, 0.05) is 19.2 Å². The van der Waals surface area contributed by atoms with Crippen molar-refractivity contribution in [2.45, 2.75) is 24.3 Å². The smallest absolute Gasteiger partial charge is 0.244 e. The summed E-state index contributed by atoms with van der Waals surface area (Å²) in [6.45, 7) is 3.79. The summed E-state index contributed by atoms with van der Waals surface area (Å²) in [7, 11) is -3.79. The molecule has 0 aromatic heterocycles. The van der Waals surface area contributed by atoms with E-state index in [1.165, 1.54) is 16.4 Å². The number of rotatable bonds is 2. The number of ether oxygens (including phenoxy) is 2. The predicted octanol–water partition coefficient (Wildman–Crippen LogP) is 0.314. The highest BCUT2D eigenvalue weighted by Gasteiger charge is 2.45. The van der Waals surface area contributed by atoms with Gasteiger partial charge in [-0.1, -0.05) is 0 Å². The number of nitrogens with zero attached hydrogens (tertiary/aromatic N) is 1. The van der Waals surface area contributed by atoms with E-state index < -0.39 is 15.6 Å². The minimum absolute atomic E-state index is 0.0798. The summed E-state index contributed by atoms with van der Waals surface area (Å²) in [5, 5.41) is 2.68. The first kappa shape index (κ1) is 14.2. The molecule has 114 valence electrons. The van der Waals surface area contributed by atoms with Gasteiger partial charge in [-0.3, -0.25) is 4.79 Å². The molecule has 0 radical (unpaired) electrons. The van der Waals surface area contributed by atoms with Gasteiger partial charge in [-0.25, -0.2) is 8.42 Å². The number of fused-ring (bicyclic) bond motifs is 1. The Bertz CT molecular complexity index is 699. The van der Waals surface area contributed by atoms with Gasteiger partial charge in [-0.2, -0.15) is 4.31 Å². The number of nitrogens with one attached hydrogen (secondary N) is 1. The molecule has 1 aromatic rings. The Balaban J connectivity index is 2.02. The molecule has 0 saturated carbocycles. The van der Waals surface area contributed by atoms with Crippen LogP contribution in [-0.4, -0.2) is 44.1 Å². The molecule has 0 atom stereocenters. The lowest BCUT2D eigenvalue weighted by Crippen LogP contribution is -2.63. The quantitative estimate of drug-likeness (QED) is 0.850. The first-order chi connectivity index (χ1) is 9.83. The average Bonchev–Trinajstić information content (AvgIpc) is 2.88. The zero-order valence-corrected chi connectivity index (χ0v) is 12.6. The van der Waals surface area contributed by atoms with E-state index in [0.717, 1.165) is 0 Å². The lowest BCUT2D eigenvalue weighted by Gasteiger charge is -2.39. The molecule has 3 rings (SSSR count). The normalized spacial score (nSPS) is 21.1. The second kappa shape index (κ2) is 4.60. The van der Waals surface area contributed by atoms with E-state index in [1.54, 1.807) is 19.9 Å².